The summed E-state index contributed by atoms with van der Waals surface area (Å²) >= 11 is 0. The van der Waals surface area contributed by atoms with Gasteiger partial charge in [0.25, 0.3) is 0 Å². The largest absolute Gasteiger partial charge is 0.356 e. The zero-order chi connectivity index (χ0) is 24.1. The molecule has 0 amide bonds. The summed E-state index contributed by atoms with van der Waals surface area (Å²) in [6.07, 6.45) is 33.2. The molecule has 0 saturated heterocycles. The first-order chi connectivity index (χ1) is 16.9. The van der Waals surface area contributed by atoms with Gasteiger partial charge in [-0.2, -0.15) is 0 Å². The average Bonchev–Trinajstić information content (AvgIpc) is 3.27. The Morgan fingerprint density at radius 3 is 1.53 bits per heavy atom. The quantitative estimate of drug-likeness (QED) is 0.156. The minimum atomic E-state index is 0.505. The fourth-order valence-corrected chi connectivity index (χ4v) is 5.32. The predicted octanol–water partition coefficient (Wildman–Crippen LogP) is 10.4. The van der Waals surface area contributed by atoms with Crippen molar-refractivity contribution in [3.05, 3.63) is 42.7 Å². The number of hydrogen-bond donors (Lipinski definition) is 0. The van der Waals surface area contributed by atoms with Gasteiger partial charge < -0.3 is 9.80 Å². The maximum absolute atomic E-state index is 2.63. The third-order valence-corrected chi connectivity index (χ3v) is 7.51. The molecule has 0 fully saturated rings. The molecule has 1 aliphatic rings. The lowest BCUT2D eigenvalue weighted by molar-refractivity contribution is 0.273. The summed E-state index contributed by atoms with van der Waals surface area (Å²) in [7, 11) is 0. The summed E-state index contributed by atoms with van der Waals surface area (Å²) in [5.41, 5.74) is 1.34. The second-order valence-electron chi connectivity index (χ2n) is 10.6. The van der Waals surface area contributed by atoms with Crippen LogP contribution in [-0.4, -0.2) is 17.6 Å². The first-order valence-electron chi connectivity index (χ1n) is 15.1. The minimum absolute atomic E-state index is 0.505. The van der Waals surface area contributed by atoms with Crippen LogP contribution in [-0.2, 0) is 0 Å². The van der Waals surface area contributed by atoms with Crippen LogP contribution in [0.25, 0.3) is 0 Å². The third kappa shape index (κ3) is 12.3. The molecule has 34 heavy (non-hydrogen) atoms. The molecule has 0 bridgehead atoms. The second-order valence-corrected chi connectivity index (χ2v) is 10.6. The number of unbranched alkanes of at least 4 members (excludes halogenated alkanes) is 17. The maximum Gasteiger partial charge on any atom is 0.105 e. The van der Waals surface area contributed by atoms with Crippen molar-refractivity contribution in [2.75, 3.05) is 11.4 Å². The Balaban J connectivity index is 1.64. The van der Waals surface area contributed by atoms with E-state index in [4.69, 9.17) is 0 Å². The molecule has 1 atom stereocenters. The Hall–Kier alpha value is -1.44. The summed E-state index contributed by atoms with van der Waals surface area (Å²) in [4.78, 5) is 5.14. The molecule has 0 radical (unpaired) electrons. The van der Waals surface area contributed by atoms with E-state index in [-0.39, 0.29) is 0 Å². The van der Waals surface area contributed by atoms with Gasteiger partial charge in [-0.05, 0) is 31.4 Å². The number of nitrogens with zero attached hydrogens (tertiary/aromatic N) is 2. The van der Waals surface area contributed by atoms with Crippen molar-refractivity contribution in [3.8, 4) is 0 Å². The van der Waals surface area contributed by atoms with Crippen LogP contribution in [0.3, 0.4) is 0 Å². The molecule has 2 heteroatoms. The summed E-state index contributed by atoms with van der Waals surface area (Å²) in [6, 6.07) is 11.0. The van der Waals surface area contributed by atoms with Gasteiger partial charge >= 0.3 is 0 Å². The van der Waals surface area contributed by atoms with Gasteiger partial charge in [0.2, 0.25) is 0 Å². The van der Waals surface area contributed by atoms with Crippen LogP contribution in [0.1, 0.15) is 142 Å². The van der Waals surface area contributed by atoms with Crippen LogP contribution in [0.2, 0.25) is 0 Å². The van der Waals surface area contributed by atoms with Crippen molar-refractivity contribution in [3.63, 3.8) is 0 Å². The normalized spacial score (nSPS) is 15.5. The van der Waals surface area contributed by atoms with Crippen molar-refractivity contribution < 1.29 is 0 Å². The van der Waals surface area contributed by atoms with Gasteiger partial charge in [-0.15, -0.1) is 0 Å². The van der Waals surface area contributed by atoms with Crippen molar-refractivity contribution in [1.82, 2.24) is 4.90 Å². The zero-order valence-corrected chi connectivity index (χ0v) is 22.9. The van der Waals surface area contributed by atoms with Gasteiger partial charge in [-0.3, -0.25) is 0 Å². The lowest BCUT2D eigenvalue weighted by atomic mass is 10.1. The SMILES string of the molecule is CCCCCCCCCCCCCN1C=CN(c2ccccc2)C1CCCCCCCCCC. The molecule has 0 spiro atoms. The second kappa shape index (κ2) is 19.8. The van der Waals surface area contributed by atoms with Crippen LogP contribution in [0.15, 0.2) is 42.7 Å². The van der Waals surface area contributed by atoms with Gasteiger partial charge in [0.1, 0.15) is 6.17 Å². The average molecular weight is 469 g/mol. The number of anilines is 1. The fourth-order valence-electron chi connectivity index (χ4n) is 5.32. The van der Waals surface area contributed by atoms with Crippen molar-refractivity contribution in [2.24, 2.45) is 0 Å². The Bertz CT molecular complexity index is 596. The summed E-state index contributed by atoms with van der Waals surface area (Å²) in [6.45, 7) is 5.81. The molecule has 0 aromatic heterocycles. The van der Waals surface area contributed by atoms with E-state index < -0.39 is 0 Å². The molecule has 0 aliphatic carbocycles. The summed E-state index contributed by atoms with van der Waals surface area (Å²) in [5, 5.41) is 0. The van der Waals surface area contributed by atoms with E-state index in [2.05, 4.69) is 66.4 Å². The monoisotopic (exact) mass is 468 g/mol. The molecule has 2 rings (SSSR count). The van der Waals surface area contributed by atoms with Crippen LogP contribution in [0.5, 0.6) is 0 Å². The maximum atomic E-state index is 2.63. The van der Waals surface area contributed by atoms with E-state index in [9.17, 15) is 0 Å². The molecule has 1 unspecified atom stereocenters. The highest BCUT2D eigenvalue weighted by atomic mass is 15.4. The molecule has 194 valence electrons. The van der Waals surface area contributed by atoms with E-state index in [0.29, 0.717) is 6.17 Å². The Kier molecular flexibility index (Phi) is 16.8. The lowest BCUT2D eigenvalue weighted by Crippen LogP contribution is -2.39. The Morgan fingerprint density at radius 2 is 1.00 bits per heavy atom. The smallest absolute Gasteiger partial charge is 0.105 e. The van der Waals surface area contributed by atoms with Crippen molar-refractivity contribution in [1.29, 1.82) is 0 Å². The molecular formula is C32H56N2. The molecule has 1 aliphatic heterocycles. The Morgan fingerprint density at radius 1 is 0.529 bits per heavy atom. The van der Waals surface area contributed by atoms with Crippen LogP contribution < -0.4 is 4.90 Å². The highest BCUT2D eigenvalue weighted by Gasteiger charge is 2.26. The molecule has 1 heterocycles. The third-order valence-electron chi connectivity index (χ3n) is 7.51. The molecule has 2 nitrogen and oxygen atoms in total. The predicted molar refractivity (Wildman–Crippen MR) is 152 cm³/mol. The molecule has 1 aromatic carbocycles. The van der Waals surface area contributed by atoms with E-state index in [0.717, 1.165) is 0 Å². The highest BCUT2D eigenvalue weighted by molar-refractivity contribution is 5.51. The van der Waals surface area contributed by atoms with Crippen molar-refractivity contribution in [2.45, 2.75) is 148 Å². The number of benzene rings is 1. The van der Waals surface area contributed by atoms with Crippen molar-refractivity contribution >= 4 is 5.69 Å². The summed E-state index contributed by atoms with van der Waals surface area (Å²) in [5.74, 6) is 0. The zero-order valence-electron chi connectivity index (χ0n) is 22.9. The standard InChI is InChI=1S/C32H56N2/c1-3-5-7-9-11-13-14-15-17-19-24-28-33-29-30-34(31-25-21-20-22-26-31)32(33)27-23-18-16-12-10-8-6-4-2/h20-22,25-26,29-30,32H,3-19,23-24,27-28H2,1-2H3. The van der Waals surface area contributed by atoms with Gasteiger partial charge in [-0.1, -0.05) is 141 Å². The first kappa shape index (κ1) is 28.8. The van der Waals surface area contributed by atoms with Crippen LogP contribution >= 0.6 is 0 Å². The molecule has 0 saturated carbocycles. The number of rotatable bonds is 22. The van der Waals surface area contributed by atoms with Gasteiger partial charge in [0.15, 0.2) is 0 Å². The van der Waals surface area contributed by atoms with E-state index in [1.54, 1.807) is 0 Å². The van der Waals surface area contributed by atoms with Gasteiger partial charge in [0, 0.05) is 24.6 Å². The van der Waals surface area contributed by atoms with E-state index in [1.165, 1.54) is 141 Å². The van der Waals surface area contributed by atoms with Gasteiger partial charge in [0.05, 0.1) is 0 Å². The van der Waals surface area contributed by atoms with Gasteiger partial charge in [-0.25, -0.2) is 0 Å². The molecule has 0 N–H and O–H groups in total. The summed E-state index contributed by atoms with van der Waals surface area (Å²) < 4.78 is 0. The Labute approximate surface area is 213 Å². The topological polar surface area (TPSA) is 6.48 Å². The highest BCUT2D eigenvalue weighted by Crippen LogP contribution is 2.28. The number of hydrogen-bond acceptors (Lipinski definition) is 2. The van der Waals surface area contributed by atoms with E-state index >= 15 is 0 Å². The molecular weight excluding hydrogens is 412 g/mol. The fraction of sp³-hybridized carbons (Fsp3) is 0.750. The molecule has 1 aromatic rings. The van der Waals surface area contributed by atoms with E-state index in [1.807, 2.05) is 0 Å². The lowest BCUT2D eigenvalue weighted by Gasteiger charge is -2.33. The van der Waals surface area contributed by atoms with Crippen LogP contribution in [0.4, 0.5) is 5.69 Å². The first-order valence-corrected chi connectivity index (χ1v) is 15.1. The number of para-hydroxylation sites is 1. The minimum Gasteiger partial charge on any atom is -0.356 e. The van der Waals surface area contributed by atoms with Crippen LogP contribution in [0, 0.1) is 0 Å².